The average Bonchev–Trinajstić information content (AvgIpc) is 2.71. The predicted octanol–water partition coefficient (Wildman–Crippen LogP) is 5.39. The summed E-state index contributed by atoms with van der Waals surface area (Å²) in [6.07, 6.45) is 1.21. The Morgan fingerprint density at radius 3 is 2.53 bits per heavy atom. The molecule has 3 rings (SSSR count). The molecule has 2 aromatic rings. The highest BCUT2D eigenvalue weighted by atomic mass is 79.9. The van der Waals surface area contributed by atoms with E-state index in [9.17, 15) is 0 Å². The molecule has 0 saturated carbocycles. The monoisotopic (exact) mass is 314 g/mol. The fourth-order valence-corrected chi connectivity index (χ4v) is 3.66. The van der Waals surface area contributed by atoms with Crippen LogP contribution in [-0.4, -0.2) is 0 Å². The van der Waals surface area contributed by atoms with Gasteiger partial charge >= 0.3 is 0 Å². The highest BCUT2D eigenvalue weighted by Gasteiger charge is 2.37. The quantitative estimate of drug-likeness (QED) is 0.651. The average molecular weight is 315 g/mol. The Balaban J connectivity index is 2.12. The lowest BCUT2D eigenvalue weighted by molar-refractivity contribution is 0.499. The molecule has 98 valence electrons. The van der Waals surface area contributed by atoms with Gasteiger partial charge in [-0.1, -0.05) is 78.3 Å². The number of hydrogen-bond acceptors (Lipinski definition) is 0. The molecule has 19 heavy (non-hydrogen) atoms. The zero-order chi connectivity index (χ0) is 13.5. The van der Waals surface area contributed by atoms with Crippen molar-refractivity contribution in [2.24, 2.45) is 0 Å². The summed E-state index contributed by atoms with van der Waals surface area (Å²) in [4.78, 5) is 0. The van der Waals surface area contributed by atoms with Crippen LogP contribution in [0.3, 0.4) is 0 Å². The van der Waals surface area contributed by atoms with Gasteiger partial charge in [-0.2, -0.15) is 0 Å². The summed E-state index contributed by atoms with van der Waals surface area (Å²) in [7, 11) is 0. The minimum absolute atomic E-state index is 0.278. The lowest BCUT2D eigenvalue weighted by Crippen LogP contribution is -2.12. The molecule has 1 aliphatic rings. The van der Waals surface area contributed by atoms with Crippen molar-refractivity contribution >= 4 is 15.9 Å². The number of alkyl halides is 1. The summed E-state index contributed by atoms with van der Waals surface area (Å²) in [5, 5.41) is 0.933. The lowest BCUT2D eigenvalue weighted by atomic mass is 9.85. The standard InChI is InChI=1S/C18H19Br/c1-18(2)11-16(14-6-4-3-5-7-14)15-10-13(12-19)8-9-17(15)18/h3-10,16H,11-12H2,1-2H3/t16-/m1/s1. The topological polar surface area (TPSA) is 0 Å². The van der Waals surface area contributed by atoms with E-state index in [2.05, 4.69) is 78.3 Å². The molecule has 0 radical (unpaired) electrons. The molecule has 1 atom stereocenters. The van der Waals surface area contributed by atoms with Crippen molar-refractivity contribution in [3.63, 3.8) is 0 Å². The second-order valence-corrected chi connectivity index (χ2v) is 6.67. The maximum Gasteiger partial charge on any atom is 0.0283 e. The Hall–Kier alpha value is -1.08. The van der Waals surface area contributed by atoms with Crippen LogP contribution >= 0.6 is 15.9 Å². The highest BCUT2D eigenvalue weighted by molar-refractivity contribution is 9.08. The number of hydrogen-bond donors (Lipinski definition) is 0. The van der Waals surface area contributed by atoms with Gasteiger partial charge in [-0.25, -0.2) is 0 Å². The normalized spacial score (nSPS) is 20.3. The van der Waals surface area contributed by atoms with Crippen molar-refractivity contribution in [2.75, 3.05) is 0 Å². The number of fused-ring (bicyclic) bond motifs is 1. The van der Waals surface area contributed by atoms with Crippen LogP contribution in [-0.2, 0) is 10.7 Å². The smallest absolute Gasteiger partial charge is 0.0283 e. The zero-order valence-corrected chi connectivity index (χ0v) is 13.1. The number of benzene rings is 2. The summed E-state index contributed by atoms with van der Waals surface area (Å²) in [5.41, 5.74) is 6.14. The van der Waals surface area contributed by atoms with Crippen LogP contribution < -0.4 is 0 Å². The largest absolute Gasteiger partial charge is 0.0876 e. The van der Waals surface area contributed by atoms with Gasteiger partial charge in [-0.3, -0.25) is 0 Å². The van der Waals surface area contributed by atoms with E-state index in [1.807, 2.05) is 0 Å². The van der Waals surface area contributed by atoms with Gasteiger partial charge in [-0.05, 0) is 34.1 Å². The van der Waals surface area contributed by atoms with Gasteiger partial charge in [0.05, 0.1) is 0 Å². The lowest BCUT2D eigenvalue weighted by Gasteiger charge is -2.19. The van der Waals surface area contributed by atoms with Crippen molar-refractivity contribution in [1.29, 1.82) is 0 Å². The van der Waals surface area contributed by atoms with Crippen molar-refractivity contribution in [3.8, 4) is 0 Å². The Bertz CT molecular complexity index is 584. The zero-order valence-electron chi connectivity index (χ0n) is 11.5. The van der Waals surface area contributed by atoms with Gasteiger partial charge in [0.2, 0.25) is 0 Å². The first-order chi connectivity index (χ1) is 9.12. The Kier molecular flexibility index (Phi) is 3.26. The maximum atomic E-state index is 3.57. The fraction of sp³-hybridized carbons (Fsp3) is 0.333. The molecule has 0 amide bonds. The molecule has 0 aliphatic heterocycles. The Morgan fingerprint density at radius 1 is 1.11 bits per heavy atom. The van der Waals surface area contributed by atoms with E-state index in [0.29, 0.717) is 5.92 Å². The van der Waals surface area contributed by atoms with E-state index in [0.717, 1.165) is 5.33 Å². The van der Waals surface area contributed by atoms with Crippen LogP contribution in [0, 0.1) is 0 Å². The molecular formula is C18H19Br. The molecule has 0 unspecified atom stereocenters. The van der Waals surface area contributed by atoms with Crippen molar-refractivity contribution in [3.05, 3.63) is 70.8 Å². The minimum atomic E-state index is 0.278. The summed E-state index contributed by atoms with van der Waals surface area (Å²) in [5.74, 6) is 0.546. The van der Waals surface area contributed by atoms with Gasteiger partial charge in [0.1, 0.15) is 0 Å². The molecular weight excluding hydrogens is 296 g/mol. The molecule has 0 N–H and O–H groups in total. The maximum absolute atomic E-state index is 3.57. The molecule has 0 nitrogen and oxygen atoms in total. The van der Waals surface area contributed by atoms with Crippen LogP contribution in [0.1, 0.15) is 48.4 Å². The first-order valence-corrected chi connectivity index (χ1v) is 7.98. The molecule has 0 aromatic heterocycles. The van der Waals surface area contributed by atoms with Crippen LogP contribution in [0.5, 0.6) is 0 Å². The van der Waals surface area contributed by atoms with Crippen molar-refractivity contribution < 1.29 is 0 Å². The van der Waals surface area contributed by atoms with E-state index >= 15 is 0 Å². The minimum Gasteiger partial charge on any atom is -0.0876 e. The molecule has 2 aromatic carbocycles. The van der Waals surface area contributed by atoms with Gasteiger partial charge in [0.15, 0.2) is 0 Å². The van der Waals surface area contributed by atoms with Gasteiger partial charge in [-0.15, -0.1) is 0 Å². The Morgan fingerprint density at radius 2 is 1.84 bits per heavy atom. The summed E-state index contributed by atoms with van der Waals surface area (Å²) in [6, 6.07) is 17.9. The second kappa shape index (κ2) is 4.79. The third-order valence-electron chi connectivity index (χ3n) is 4.29. The molecule has 1 heteroatoms. The summed E-state index contributed by atoms with van der Waals surface area (Å²) < 4.78 is 0. The molecule has 0 fully saturated rings. The van der Waals surface area contributed by atoms with Crippen molar-refractivity contribution in [1.82, 2.24) is 0 Å². The van der Waals surface area contributed by atoms with Crippen LogP contribution in [0.25, 0.3) is 0 Å². The summed E-state index contributed by atoms with van der Waals surface area (Å²) >= 11 is 3.57. The van der Waals surface area contributed by atoms with Crippen molar-refractivity contribution in [2.45, 2.75) is 36.9 Å². The van der Waals surface area contributed by atoms with Gasteiger partial charge < -0.3 is 0 Å². The van der Waals surface area contributed by atoms with Gasteiger partial charge in [0, 0.05) is 11.2 Å². The summed E-state index contributed by atoms with van der Waals surface area (Å²) in [6.45, 7) is 4.73. The molecule has 0 saturated heterocycles. The first kappa shape index (κ1) is 12.9. The number of halogens is 1. The third kappa shape index (κ3) is 2.25. The third-order valence-corrected chi connectivity index (χ3v) is 4.94. The molecule has 0 spiro atoms. The SMILES string of the molecule is CC1(C)C[C@H](c2ccccc2)c2cc(CBr)ccc21. The predicted molar refractivity (Wildman–Crippen MR) is 85.0 cm³/mol. The van der Waals surface area contributed by atoms with Crippen LogP contribution in [0.2, 0.25) is 0 Å². The molecule has 0 bridgehead atoms. The first-order valence-electron chi connectivity index (χ1n) is 6.86. The molecule has 0 heterocycles. The van der Waals surface area contributed by atoms with Crippen LogP contribution in [0.15, 0.2) is 48.5 Å². The van der Waals surface area contributed by atoms with E-state index in [4.69, 9.17) is 0 Å². The fourth-order valence-electron chi connectivity index (χ4n) is 3.31. The second-order valence-electron chi connectivity index (χ2n) is 6.11. The van der Waals surface area contributed by atoms with E-state index in [1.54, 1.807) is 0 Å². The van der Waals surface area contributed by atoms with E-state index in [1.165, 1.54) is 28.7 Å². The van der Waals surface area contributed by atoms with Crippen LogP contribution in [0.4, 0.5) is 0 Å². The van der Waals surface area contributed by atoms with E-state index in [-0.39, 0.29) is 5.41 Å². The highest BCUT2D eigenvalue weighted by Crippen LogP contribution is 2.48. The molecule has 1 aliphatic carbocycles. The Labute approximate surface area is 124 Å². The van der Waals surface area contributed by atoms with E-state index < -0.39 is 0 Å². The van der Waals surface area contributed by atoms with Gasteiger partial charge in [0.25, 0.3) is 0 Å². The number of rotatable bonds is 2.